The third kappa shape index (κ3) is 7.07. The summed E-state index contributed by atoms with van der Waals surface area (Å²) in [6.45, 7) is 0. The molecule has 272 valence electrons. The smallest absolute Gasteiger partial charge is 0.164 e. The van der Waals surface area contributed by atoms with Gasteiger partial charge >= 0.3 is 0 Å². The molecule has 10 aromatic rings. The topological polar surface area (TPSA) is 51.6 Å². The van der Waals surface area contributed by atoms with Gasteiger partial charge in [0.05, 0.1) is 11.4 Å². The first-order valence-electron chi connectivity index (χ1n) is 19.5. The van der Waals surface area contributed by atoms with E-state index in [0.717, 1.165) is 61.5 Å². The van der Waals surface area contributed by atoms with Gasteiger partial charge in [0.25, 0.3) is 0 Å². The molecule has 0 radical (unpaired) electrons. The van der Waals surface area contributed by atoms with E-state index in [0.29, 0.717) is 17.5 Å². The lowest BCUT2D eigenvalue weighted by Gasteiger charge is -2.12. The van der Waals surface area contributed by atoms with E-state index in [4.69, 9.17) is 19.9 Å². The minimum absolute atomic E-state index is 0.641. The number of fused-ring (bicyclic) bond motifs is 1. The molecular weight excluding hydrogens is 705 g/mol. The molecule has 0 aliphatic carbocycles. The maximum atomic E-state index is 5.07. The highest BCUT2D eigenvalue weighted by Crippen LogP contribution is 2.36. The second kappa shape index (κ2) is 15.4. The third-order valence-corrected chi connectivity index (χ3v) is 10.6. The van der Waals surface area contributed by atoms with Crippen LogP contribution in [-0.4, -0.2) is 19.9 Å². The van der Waals surface area contributed by atoms with Gasteiger partial charge in [0.1, 0.15) is 0 Å². The molecule has 2 heterocycles. The summed E-state index contributed by atoms with van der Waals surface area (Å²) in [5, 5.41) is 2.39. The molecule has 4 nitrogen and oxygen atoms in total. The highest BCUT2D eigenvalue weighted by molar-refractivity contribution is 5.99. The standard InChI is InChI=1S/C54H36N4/c1-5-14-41(15-6-1)50-35-47(36-51(55-50)42-16-7-2-8-17-42)38-26-24-37(25-27-38)46-33-30-39-22-13-23-48(49(39)34-46)40-28-31-45(32-29-40)54-57-52(43-18-9-3-10-19-43)56-53(58-54)44-20-11-4-12-21-44/h1-36H. The summed E-state index contributed by atoms with van der Waals surface area (Å²) in [7, 11) is 0. The van der Waals surface area contributed by atoms with Crippen LogP contribution >= 0.6 is 0 Å². The zero-order chi connectivity index (χ0) is 38.7. The Morgan fingerprint density at radius 2 is 0.621 bits per heavy atom. The lowest BCUT2D eigenvalue weighted by Crippen LogP contribution is -2.00. The summed E-state index contributed by atoms with van der Waals surface area (Å²) in [6.07, 6.45) is 0. The monoisotopic (exact) mass is 740 g/mol. The first kappa shape index (κ1) is 34.7. The SMILES string of the molecule is c1ccc(-c2cc(-c3ccc(-c4ccc5cccc(-c6ccc(-c7nc(-c8ccccc8)nc(-c8ccccc8)n7)cc6)c5c4)cc3)cc(-c3ccccc3)n2)cc1. The Hall–Kier alpha value is -7.82. The van der Waals surface area contributed by atoms with Crippen molar-refractivity contribution >= 4 is 10.8 Å². The summed E-state index contributed by atoms with van der Waals surface area (Å²) < 4.78 is 0. The van der Waals surface area contributed by atoms with E-state index < -0.39 is 0 Å². The molecule has 0 amide bonds. The first-order chi connectivity index (χ1) is 28.7. The number of hydrogen-bond donors (Lipinski definition) is 0. The van der Waals surface area contributed by atoms with E-state index in [-0.39, 0.29) is 0 Å². The van der Waals surface area contributed by atoms with Gasteiger partial charge in [0, 0.05) is 27.8 Å². The Morgan fingerprint density at radius 3 is 1.12 bits per heavy atom. The molecular formula is C54H36N4. The average molecular weight is 741 g/mol. The highest BCUT2D eigenvalue weighted by atomic mass is 15.0. The van der Waals surface area contributed by atoms with Gasteiger partial charge in [0.2, 0.25) is 0 Å². The van der Waals surface area contributed by atoms with Crippen LogP contribution in [0.15, 0.2) is 218 Å². The van der Waals surface area contributed by atoms with E-state index in [2.05, 4.69) is 146 Å². The normalized spacial score (nSPS) is 11.1. The van der Waals surface area contributed by atoms with Crippen molar-refractivity contribution in [3.63, 3.8) is 0 Å². The Labute approximate surface area is 337 Å². The van der Waals surface area contributed by atoms with E-state index in [1.54, 1.807) is 0 Å². The lowest BCUT2D eigenvalue weighted by molar-refractivity contribution is 1.07. The second-order valence-electron chi connectivity index (χ2n) is 14.3. The first-order valence-corrected chi connectivity index (χ1v) is 19.5. The Kier molecular flexibility index (Phi) is 9.18. The van der Waals surface area contributed by atoms with Gasteiger partial charge in [-0.1, -0.05) is 200 Å². The Morgan fingerprint density at radius 1 is 0.224 bits per heavy atom. The largest absolute Gasteiger partial charge is 0.248 e. The number of pyridine rings is 1. The van der Waals surface area contributed by atoms with Gasteiger partial charge in [-0.05, 0) is 62.4 Å². The van der Waals surface area contributed by atoms with Crippen molar-refractivity contribution in [2.75, 3.05) is 0 Å². The molecule has 0 N–H and O–H groups in total. The minimum Gasteiger partial charge on any atom is -0.248 e. The quantitative estimate of drug-likeness (QED) is 0.156. The van der Waals surface area contributed by atoms with Crippen molar-refractivity contribution in [1.29, 1.82) is 0 Å². The molecule has 0 saturated carbocycles. The van der Waals surface area contributed by atoms with Gasteiger partial charge in [-0.2, -0.15) is 0 Å². The van der Waals surface area contributed by atoms with E-state index >= 15 is 0 Å². The van der Waals surface area contributed by atoms with Gasteiger partial charge in [-0.25, -0.2) is 19.9 Å². The Bertz CT molecular complexity index is 2890. The maximum absolute atomic E-state index is 5.07. The summed E-state index contributed by atoms with van der Waals surface area (Å²) >= 11 is 0. The van der Waals surface area contributed by atoms with Gasteiger partial charge in [-0.3, -0.25) is 0 Å². The second-order valence-corrected chi connectivity index (χ2v) is 14.3. The third-order valence-electron chi connectivity index (χ3n) is 10.6. The van der Waals surface area contributed by atoms with Crippen LogP contribution in [0.25, 0.3) is 101 Å². The van der Waals surface area contributed by atoms with Crippen LogP contribution in [0.2, 0.25) is 0 Å². The zero-order valence-corrected chi connectivity index (χ0v) is 31.6. The van der Waals surface area contributed by atoms with Crippen molar-refractivity contribution in [2.45, 2.75) is 0 Å². The molecule has 0 fully saturated rings. The number of rotatable bonds is 8. The fourth-order valence-electron chi connectivity index (χ4n) is 7.51. The molecule has 2 aromatic heterocycles. The lowest BCUT2D eigenvalue weighted by atomic mass is 9.93. The van der Waals surface area contributed by atoms with Crippen LogP contribution in [0.5, 0.6) is 0 Å². The van der Waals surface area contributed by atoms with Gasteiger partial charge < -0.3 is 0 Å². The van der Waals surface area contributed by atoms with E-state index in [9.17, 15) is 0 Å². The molecule has 0 bridgehead atoms. The predicted octanol–water partition coefficient (Wildman–Crippen LogP) is 13.8. The minimum atomic E-state index is 0.641. The fourth-order valence-corrected chi connectivity index (χ4v) is 7.51. The number of hydrogen-bond acceptors (Lipinski definition) is 4. The average Bonchev–Trinajstić information content (AvgIpc) is 3.32. The van der Waals surface area contributed by atoms with Crippen LogP contribution in [0.1, 0.15) is 0 Å². The highest BCUT2D eigenvalue weighted by Gasteiger charge is 2.14. The zero-order valence-electron chi connectivity index (χ0n) is 31.6. The Balaban J connectivity index is 0.976. The molecule has 8 aromatic carbocycles. The molecule has 0 atom stereocenters. The van der Waals surface area contributed by atoms with Crippen molar-refractivity contribution in [2.24, 2.45) is 0 Å². The van der Waals surface area contributed by atoms with Crippen molar-refractivity contribution in [3.8, 4) is 90.1 Å². The molecule has 0 unspecified atom stereocenters. The number of aromatic nitrogens is 4. The molecule has 0 saturated heterocycles. The summed E-state index contributed by atoms with van der Waals surface area (Å²) in [4.78, 5) is 19.8. The van der Waals surface area contributed by atoms with Gasteiger partial charge in [-0.15, -0.1) is 0 Å². The van der Waals surface area contributed by atoms with Crippen LogP contribution in [0.3, 0.4) is 0 Å². The molecule has 4 heteroatoms. The molecule has 58 heavy (non-hydrogen) atoms. The van der Waals surface area contributed by atoms with E-state index in [1.165, 1.54) is 21.9 Å². The summed E-state index contributed by atoms with van der Waals surface area (Å²) in [5.41, 5.74) is 13.9. The summed E-state index contributed by atoms with van der Waals surface area (Å²) in [6, 6.07) is 76.0. The fraction of sp³-hybridized carbons (Fsp3) is 0. The van der Waals surface area contributed by atoms with Crippen LogP contribution in [0.4, 0.5) is 0 Å². The maximum Gasteiger partial charge on any atom is 0.164 e. The molecule has 0 aliphatic heterocycles. The van der Waals surface area contributed by atoms with Crippen LogP contribution in [-0.2, 0) is 0 Å². The van der Waals surface area contributed by atoms with Crippen molar-refractivity contribution in [1.82, 2.24) is 19.9 Å². The van der Waals surface area contributed by atoms with Crippen LogP contribution in [0, 0.1) is 0 Å². The number of benzene rings is 8. The van der Waals surface area contributed by atoms with E-state index in [1.807, 2.05) is 72.8 Å². The van der Waals surface area contributed by atoms with Crippen LogP contribution < -0.4 is 0 Å². The van der Waals surface area contributed by atoms with Crippen molar-refractivity contribution in [3.05, 3.63) is 218 Å². The molecule has 0 spiro atoms. The van der Waals surface area contributed by atoms with Crippen molar-refractivity contribution < 1.29 is 0 Å². The predicted molar refractivity (Wildman–Crippen MR) is 239 cm³/mol. The summed E-state index contributed by atoms with van der Waals surface area (Å²) in [5.74, 6) is 1.94. The molecule has 0 aliphatic rings. The molecule has 10 rings (SSSR count). The number of nitrogens with zero attached hydrogens (tertiary/aromatic N) is 4. The van der Waals surface area contributed by atoms with Gasteiger partial charge in [0.15, 0.2) is 17.5 Å².